The zero-order valence-corrected chi connectivity index (χ0v) is 10.2. The lowest BCUT2D eigenvalue weighted by atomic mass is 10.2. The Bertz CT molecular complexity index is 539. The lowest BCUT2D eigenvalue weighted by Gasteiger charge is -2.05. The highest BCUT2D eigenvalue weighted by Crippen LogP contribution is 2.28. The molecule has 1 amide bonds. The molecular weight excluding hydrogens is 238 g/mol. The van der Waals surface area contributed by atoms with Crippen LogP contribution < -0.4 is 5.32 Å². The number of hydrogen-bond donors (Lipinski definition) is 1. The molecule has 0 aliphatic rings. The molecule has 0 aliphatic carbocycles. The van der Waals surface area contributed by atoms with Crippen molar-refractivity contribution in [3.8, 4) is 11.5 Å². The van der Waals surface area contributed by atoms with Crippen LogP contribution in [0.3, 0.4) is 0 Å². The lowest BCUT2D eigenvalue weighted by molar-refractivity contribution is -0.114. The molecule has 0 radical (unpaired) electrons. The third kappa shape index (κ3) is 2.65. The van der Waals surface area contributed by atoms with Crippen LogP contribution >= 0.6 is 11.8 Å². The van der Waals surface area contributed by atoms with Crippen molar-refractivity contribution in [3.63, 3.8) is 0 Å². The fourth-order valence-electron chi connectivity index (χ4n) is 1.37. The maximum absolute atomic E-state index is 11.1. The predicted molar refractivity (Wildman–Crippen MR) is 65.8 cm³/mol. The first-order chi connectivity index (χ1) is 8.20. The molecule has 1 aromatic carbocycles. The van der Waals surface area contributed by atoms with Crippen molar-refractivity contribution >= 4 is 23.4 Å². The Kier molecular flexibility index (Phi) is 3.43. The number of aromatic nitrogens is 2. The minimum absolute atomic E-state index is 0.137. The summed E-state index contributed by atoms with van der Waals surface area (Å²) in [6.07, 6.45) is 1.86. The quantitative estimate of drug-likeness (QED) is 0.846. The number of benzene rings is 1. The lowest BCUT2D eigenvalue weighted by Crippen LogP contribution is -2.06. The molecule has 0 atom stereocenters. The van der Waals surface area contributed by atoms with Gasteiger partial charge in [-0.25, -0.2) is 0 Å². The maximum Gasteiger partial charge on any atom is 0.276 e. The minimum atomic E-state index is -0.137. The molecular formula is C11H11N3O2S. The highest BCUT2D eigenvalue weighted by Gasteiger charge is 2.12. The summed E-state index contributed by atoms with van der Waals surface area (Å²) >= 11 is 1.38. The molecule has 17 heavy (non-hydrogen) atoms. The molecule has 5 nitrogen and oxygen atoms in total. The number of nitrogens with zero attached hydrogens (tertiary/aromatic N) is 2. The van der Waals surface area contributed by atoms with Crippen molar-refractivity contribution in [1.29, 1.82) is 0 Å². The Labute approximate surface area is 103 Å². The number of anilines is 1. The first kappa shape index (κ1) is 11.7. The van der Waals surface area contributed by atoms with Crippen LogP contribution in [-0.2, 0) is 4.79 Å². The molecule has 2 aromatic rings. The third-order valence-corrected chi connectivity index (χ3v) is 2.56. The van der Waals surface area contributed by atoms with E-state index in [4.69, 9.17) is 4.42 Å². The number of thioether (sulfide) groups is 1. The van der Waals surface area contributed by atoms with E-state index in [1.807, 2.05) is 24.5 Å². The average molecular weight is 249 g/mol. The molecule has 0 saturated carbocycles. The Morgan fingerprint density at radius 3 is 2.76 bits per heavy atom. The van der Waals surface area contributed by atoms with E-state index in [0.717, 1.165) is 5.56 Å². The highest BCUT2D eigenvalue weighted by molar-refractivity contribution is 7.98. The van der Waals surface area contributed by atoms with Gasteiger partial charge < -0.3 is 9.73 Å². The second-order valence-electron chi connectivity index (χ2n) is 3.30. The van der Waals surface area contributed by atoms with Gasteiger partial charge in [0.15, 0.2) is 0 Å². The van der Waals surface area contributed by atoms with E-state index in [-0.39, 0.29) is 5.91 Å². The zero-order chi connectivity index (χ0) is 12.3. The largest absolute Gasteiger partial charge is 0.411 e. The highest BCUT2D eigenvalue weighted by atomic mass is 32.2. The molecule has 0 fully saturated rings. The summed E-state index contributed by atoms with van der Waals surface area (Å²) in [7, 11) is 0. The number of carbonyl (C=O) groups excluding carboxylic acids is 1. The summed E-state index contributed by atoms with van der Waals surface area (Å²) in [5.74, 6) is 0.265. The first-order valence-corrected chi connectivity index (χ1v) is 6.17. The molecule has 1 aromatic heterocycles. The number of nitrogens with one attached hydrogen (secondary N) is 1. The van der Waals surface area contributed by atoms with Crippen molar-refractivity contribution in [2.45, 2.75) is 12.1 Å². The van der Waals surface area contributed by atoms with Gasteiger partial charge in [0.25, 0.3) is 11.1 Å². The van der Waals surface area contributed by atoms with Crippen LogP contribution in [0.1, 0.15) is 6.92 Å². The van der Waals surface area contributed by atoms with Crippen LogP contribution in [0.25, 0.3) is 11.5 Å². The standard InChI is InChI=1S/C11H11N3O2S/c1-7(15)12-9-6-4-3-5-8(9)10-13-14-11(16-10)17-2/h3-6H,1-2H3,(H,12,15). The van der Waals surface area contributed by atoms with Gasteiger partial charge in [0, 0.05) is 6.92 Å². The van der Waals surface area contributed by atoms with Gasteiger partial charge in [-0.3, -0.25) is 4.79 Å². The van der Waals surface area contributed by atoms with E-state index < -0.39 is 0 Å². The van der Waals surface area contributed by atoms with Crippen molar-refractivity contribution < 1.29 is 9.21 Å². The zero-order valence-electron chi connectivity index (χ0n) is 9.43. The summed E-state index contributed by atoms with van der Waals surface area (Å²) in [4.78, 5) is 11.1. The molecule has 88 valence electrons. The van der Waals surface area contributed by atoms with Gasteiger partial charge in [-0.1, -0.05) is 23.9 Å². The Morgan fingerprint density at radius 2 is 2.12 bits per heavy atom. The van der Waals surface area contributed by atoms with E-state index in [9.17, 15) is 4.79 Å². The van der Waals surface area contributed by atoms with Gasteiger partial charge in [0.2, 0.25) is 5.91 Å². The summed E-state index contributed by atoms with van der Waals surface area (Å²) in [6, 6.07) is 7.30. The van der Waals surface area contributed by atoms with Crippen LogP contribution in [0.5, 0.6) is 0 Å². The van der Waals surface area contributed by atoms with Crippen LogP contribution in [0, 0.1) is 0 Å². The van der Waals surface area contributed by atoms with Gasteiger partial charge in [0.1, 0.15) is 0 Å². The Morgan fingerprint density at radius 1 is 1.35 bits per heavy atom. The van der Waals surface area contributed by atoms with Crippen molar-refractivity contribution in [2.75, 3.05) is 11.6 Å². The Balaban J connectivity index is 2.40. The summed E-state index contributed by atoms with van der Waals surface area (Å²) in [5.41, 5.74) is 1.38. The molecule has 0 spiro atoms. The molecule has 0 unspecified atom stereocenters. The van der Waals surface area contributed by atoms with Crippen molar-refractivity contribution in [1.82, 2.24) is 10.2 Å². The molecule has 2 rings (SSSR count). The number of para-hydroxylation sites is 1. The summed E-state index contributed by atoms with van der Waals surface area (Å²) in [5, 5.41) is 11.0. The topological polar surface area (TPSA) is 68.0 Å². The van der Waals surface area contributed by atoms with E-state index in [1.165, 1.54) is 18.7 Å². The smallest absolute Gasteiger partial charge is 0.276 e. The predicted octanol–water partition coefficient (Wildman–Crippen LogP) is 2.42. The van der Waals surface area contributed by atoms with E-state index in [2.05, 4.69) is 15.5 Å². The van der Waals surface area contributed by atoms with Gasteiger partial charge >= 0.3 is 0 Å². The number of amides is 1. The number of carbonyl (C=O) groups is 1. The SMILES string of the molecule is CSc1nnc(-c2ccccc2NC(C)=O)o1. The average Bonchev–Trinajstić information content (AvgIpc) is 2.77. The van der Waals surface area contributed by atoms with Crippen molar-refractivity contribution in [3.05, 3.63) is 24.3 Å². The van der Waals surface area contributed by atoms with Gasteiger partial charge in [0.05, 0.1) is 11.3 Å². The third-order valence-electron chi connectivity index (χ3n) is 2.05. The summed E-state index contributed by atoms with van der Waals surface area (Å²) < 4.78 is 5.43. The van der Waals surface area contributed by atoms with Crippen LogP contribution in [-0.4, -0.2) is 22.4 Å². The van der Waals surface area contributed by atoms with Gasteiger partial charge in [-0.15, -0.1) is 10.2 Å². The van der Waals surface area contributed by atoms with Crippen LogP contribution in [0.2, 0.25) is 0 Å². The molecule has 0 bridgehead atoms. The fraction of sp³-hybridized carbons (Fsp3) is 0.182. The van der Waals surface area contributed by atoms with Crippen LogP contribution in [0.15, 0.2) is 33.9 Å². The molecule has 0 saturated heterocycles. The van der Waals surface area contributed by atoms with E-state index >= 15 is 0 Å². The second kappa shape index (κ2) is 5.01. The van der Waals surface area contributed by atoms with Crippen LogP contribution in [0.4, 0.5) is 5.69 Å². The number of rotatable bonds is 3. The second-order valence-corrected chi connectivity index (χ2v) is 4.06. The fourth-order valence-corrected chi connectivity index (χ4v) is 1.65. The monoisotopic (exact) mass is 249 g/mol. The van der Waals surface area contributed by atoms with E-state index in [0.29, 0.717) is 16.8 Å². The molecule has 1 heterocycles. The Hall–Kier alpha value is -1.82. The molecule has 1 N–H and O–H groups in total. The van der Waals surface area contributed by atoms with Crippen molar-refractivity contribution in [2.24, 2.45) is 0 Å². The maximum atomic E-state index is 11.1. The van der Waals surface area contributed by atoms with Gasteiger partial charge in [-0.05, 0) is 18.4 Å². The number of hydrogen-bond acceptors (Lipinski definition) is 5. The van der Waals surface area contributed by atoms with E-state index in [1.54, 1.807) is 6.07 Å². The molecule has 0 aliphatic heterocycles. The molecule has 6 heteroatoms. The summed E-state index contributed by atoms with van der Waals surface area (Å²) in [6.45, 7) is 1.46. The minimum Gasteiger partial charge on any atom is -0.411 e. The first-order valence-electron chi connectivity index (χ1n) is 4.95. The normalized spacial score (nSPS) is 10.2. The van der Waals surface area contributed by atoms with Gasteiger partial charge in [-0.2, -0.15) is 0 Å².